The third-order valence-electron chi connectivity index (χ3n) is 5.07. The average molecular weight is 494 g/mol. The monoisotopic (exact) mass is 493 g/mol. The Balaban J connectivity index is 1.37. The van der Waals surface area contributed by atoms with Crippen molar-refractivity contribution >= 4 is 58.0 Å². The van der Waals surface area contributed by atoms with Gasteiger partial charge in [0.05, 0.1) is 27.5 Å². The van der Waals surface area contributed by atoms with Gasteiger partial charge in [-0.15, -0.1) is 0 Å². The van der Waals surface area contributed by atoms with Gasteiger partial charge in [0.15, 0.2) is 11.7 Å². The van der Waals surface area contributed by atoms with E-state index in [0.29, 0.717) is 28.3 Å². The van der Waals surface area contributed by atoms with Gasteiger partial charge in [-0.1, -0.05) is 29.8 Å². The maximum Gasteiger partial charge on any atom is 0.266 e. The summed E-state index contributed by atoms with van der Waals surface area (Å²) in [5.74, 6) is -0.665. The second kappa shape index (κ2) is 9.62. The van der Waals surface area contributed by atoms with E-state index in [4.69, 9.17) is 28.6 Å². The first-order valence-corrected chi connectivity index (χ1v) is 11.1. The van der Waals surface area contributed by atoms with Crippen LogP contribution in [0.25, 0.3) is 0 Å². The molecule has 0 atom stereocenters. The van der Waals surface area contributed by atoms with Crippen LogP contribution in [0.3, 0.4) is 0 Å². The van der Waals surface area contributed by atoms with Crippen LogP contribution in [-0.4, -0.2) is 29.4 Å². The molecule has 2 N–H and O–H groups in total. The standard InChI is InChI=1S/C25H20ClN3O4S/c1-14-9-15(2)11-17(10-14)33-13-22(30)28-25(34)27-21-8-7-16(12-20(21)26)29-23(31)18-5-3-4-6-19(18)24(29)32/h3-12H,13H2,1-2H3,(H2,27,28,30,34). The molecule has 0 aromatic heterocycles. The first-order valence-electron chi connectivity index (χ1n) is 10.3. The van der Waals surface area contributed by atoms with E-state index in [1.807, 2.05) is 32.0 Å². The third kappa shape index (κ3) is 4.93. The van der Waals surface area contributed by atoms with Crippen molar-refractivity contribution in [3.63, 3.8) is 0 Å². The van der Waals surface area contributed by atoms with Crippen LogP contribution < -0.4 is 20.3 Å². The van der Waals surface area contributed by atoms with Crippen LogP contribution in [0.2, 0.25) is 5.02 Å². The first kappa shape index (κ1) is 23.4. The molecule has 0 saturated carbocycles. The molecule has 3 amide bonds. The zero-order chi connectivity index (χ0) is 24.4. The van der Waals surface area contributed by atoms with Gasteiger partial charge < -0.3 is 10.1 Å². The number of anilines is 2. The molecule has 0 fully saturated rings. The lowest BCUT2D eigenvalue weighted by atomic mass is 10.1. The second-order valence-electron chi connectivity index (χ2n) is 7.77. The van der Waals surface area contributed by atoms with E-state index in [0.717, 1.165) is 16.0 Å². The Morgan fingerprint density at radius 2 is 1.59 bits per heavy atom. The quantitative estimate of drug-likeness (QED) is 0.397. The summed E-state index contributed by atoms with van der Waals surface area (Å²) in [4.78, 5) is 38.6. The summed E-state index contributed by atoms with van der Waals surface area (Å²) in [5, 5.41) is 5.62. The molecule has 0 unspecified atom stereocenters. The minimum absolute atomic E-state index is 0.0319. The number of imide groups is 1. The number of nitrogens with zero attached hydrogens (tertiary/aromatic N) is 1. The van der Waals surface area contributed by atoms with Crippen molar-refractivity contribution in [3.05, 3.63) is 87.9 Å². The number of halogens is 1. The normalized spacial score (nSPS) is 12.4. The summed E-state index contributed by atoms with van der Waals surface area (Å²) < 4.78 is 5.53. The summed E-state index contributed by atoms with van der Waals surface area (Å²) in [6.45, 7) is 3.68. The van der Waals surface area contributed by atoms with Gasteiger partial charge in [-0.2, -0.15) is 0 Å². The molecule has 0 radical (unpaired) electrons. The SMILES string of the molecule is Cc1cc(C)cc(OCC(=O)NC(=S)Nc2ccc(N3C(=O)c4ccccc4C3=O)cc2Cl)c1. The van der Waals surface area contributed by atoms with E-state index < -0.39 is 17.7 Å². The Kier molecular flexibility index (Phi) is 6.63. The Morgan fingerprint density at radius 1 is 0.971 bits per heavy atom. The summed E-state index contributed by atoms with van der Waals surface area (Å²) in [7, 11) is 0. The Morgan fingerprint density at radius 3 is 2.18 bits per heavy atom. The predicted octanol–water partition coefficient (Wildman–Crippen LogP) is 4.65. The zero-order valence-electron chi connectivity index (χ0n) is 18.3. The molecule has 172 valence electrons. The van der Waals surface area contributed by atoms with E-state index in [1.54, 1.807) is 36.4 Å². The molecule has 1 aliphatic rings. The molecule has 7 nitrogen and oxygen atoms in total. The molecule has 1 aliphatic heterocycles. The van der Waals surface area contributed by atoms with Gasteiger partial charge in [-0.05, 0) is 79.7 Å². The van der Waals surface area contributed by atoms with Crippen LogP contribution in [0, 0.1) is 13.8 Å². The van der Waals surface area contributed by atoms with Gasteiger partial charge in [0.1, 0.15) is 5.75 Å². The average Bonchev–Trinajstić information content (AvgIpc) is 3.03. The molecular formula is C25H20ClN3O4S. The second-order valence-corrected chi connectivity index (χ2v) is 8.59. The molecule has 4 rings (SSSR count). The highest BCUT2D eigenvalue weighted by Crippen LogP contribution is 2.32. The number of carbonyl (C=O) groups excluding carboxylic acids is 3. The molecule has 34 heavy (non-hydrogen) atoms. The summed E-state index contributed by atoms with van der Waals surface area (Å²) in [6.07, 6.45) is 0. The molecule has 9 heteroatoms. The lowest BCUT2D eigenvalue weighted by molar-refractivity contribution is -0.121. The molecule has 0 bridgehead atoms. The third-order valence-corrected chi connectivity index (χ3v) is 5.59. The fourth-order valence-electron chi connectivity index (χ4n) is 3.65. The largest absolute Gasteiger partial charge is 0.484 e. The van der Waals surface area contributed by atoms with Gasteiger partial charge in [0.2, 0.25) is 0 Å². The Labute approximate surface area is 206 Å². The lowest BCUT2D eigenvalue weighted by Gasteiger charge is -2.16. The van der Waals surface area contributed by atoms with E-state index >= 15 is 0 Å². The topological polar surface area (TPSA) is 87.7 Å². The molecule has 0 saturated heterocycles. The van der Waals surface area contributed by atoms with Crippen molar-refractivity contribution in [2.75, 3.05) is 16.8 Å². The van der Waals surface area contributed by atoms with Crippen LogP contribution in [-0.2, 0) is 4.79 Å². The van der Waals surface area contributed by atoms with Crippen LogP contribution in [0.1, 0.15) is 31.8 Å². The van der Waals surface area contributed by atoms with Gasteiger partial charge in [0, 0.05) is 0 Å². The van der Waals surface area contributed by atoms with Crippen molar-refractivity contribution in [2.24, 2.45) is 0 Å². The van der Waals surface area contributed by atoms with Crippen LogP contribution in [0.4, 0.5) is 11.4 Å². The minimum Gasteiger partial charge on any atom is -0.484 e. The molecular weight excluding hydrogens is 474 g/mol. The van der Waals surface area contributed by atoms with Gasteiger partial charge in [-0.3, -0.25) is 19.7 Å². The highest BCUT2D eigenvalue weighted by molar-refractivity contribution is 7.80. The highest BCUT2D eigenvalue weighted by atomic mass is 35.5. The van der Waals surface area contributed by atoms with Crippen molar-refractivity contribution in [2.45, 2.75) is 13.8 Å². The number of nitrogens with one attached hydrogen (secondary N) is 2. The van der Waals surface area contributed by atoms with Crippen molar-refractivity contribution in [1.82, 2.24) is 5.32 Å². The molecule has 1 heterocycles. The summed E-state index contributed by atoms with van der Waals surface area (Å²) in [5.41, 5.74) is 3.50. The van der Waals surface area contributed by atoms with Crippen molar-refractivity contribution in [1.29, 1.82) is 0 Å². The Hall–Kier alpha value is -3.75. The number of ether oxygens (including phenoxy) is 1. The molecule has 0 aliphatic carbocycles. The maximum absolute atomic E-state index is 12.7. The number of benzene rings is 3. The van der Waals surface area contributed by atoms with E-state index in [1.165, 1.54) is 6.07 Å². The number of aryl methyl sites for hydroxylation is 2. The number of thiocarbonyl (C=S) groups is 1. The first-order chi connectivity index (χ1) is 16.2. The number of hydrogen-bond acceptors (Lipinski definition) is 5. The molecule has 0 spiro atoms. The summed E-state index contributed by atoms with van der Waals surface area (Å²) in [6, 6.07) is 16.9. The van der Waals surface area contributed by atoms with E-state index in [9.17, 15) is 14.4 Å². The predicted molar refractivity (Wildman–Crippen MR) is 135 cm³/mol. The number of hydrogen-bond donors (Lipinski definition) is 2. The van der Waals surface area contributed by atoms with Crippen molar-refractivity contribution < 1.29 is 19.1 Å². The molecule has 3 aromatic rings. The molecule has 3 aromatic carbocycles. The van der Waals surface area contributed by atoms with Crippen LogP contribution >= 0.6 is 23.8 Å². The highest BCUT2D eigenvalue weighted by Gasteiger charge is 2.36. The smallest absolute Gasteiger partial charge is 0.266 e. The summed E-state index contributed by atoms with van der Waals surface area (Å²) >= 11 is 11.6. The van der Waals surface area contributed by atoms with Crippen LogP contribution in [0.15, 0.2) is 60.7 Å². The number of carbonyl (C=O) groups is 3. The van der Waals surface area contributed by atoms with Gasteiger partial charge in [0.25, 0.3) is 17.7 Å². The van der Waals surface area contributed by atoms with E-state index in [2.05, 4.69) is 10.6 Å². The van der Waals surface area contributed by atoms with Crippen molar-refractivity contribution in [3.8, 4) is 5.75 Å². The lowest BCUT2D eigenvalue weighted by Crippen LogP contribution is -2.37. The zero-order valence-corrected chi connectivity index (χ0v) is 19.9. The fraction of sp³-hybridized carbons (Fsp3) is 0.120. The maximum atomic E-state index is 12.7. The number of amides is 3. The van der Waals surface area contributed by atoms with Crippen LogP contribution in [0.5, 0.6) is 5.75 Å². The minimum atomic E-state index is -0.435. The fourth-order valence-corrected chi connectivity index (χ4v) is 4.10. The Bertz CT molecular complexity index is 1290. The number of rotatable bonds is 5. The van der Waals surface area contributed by atoms with E-state index in [-0.39, 0.29) is 16.7 Å². The number of fused-ring (bicyclic) bond motifs is 1. The van der Waals surface area contributed by atoms with Gasteiger partial charge in [-0.25, -0.2) is 4.90 Å². The van der Waals surface area contributed by atoms with Gasteiger partial charge >= 0.3 is 0 Å².